The third-order valence-corrected chi connectivity index (χ3v) is 1.92. The lowest BCUT2D eigenvalue weighted by molar-refractivity contribution is 0.0903. The van der Waals surface area contributed by atoms with Gasteiger partial charge in [-0.3, -0.25) is 9.48 Å². The van der Waals surface area contributed by atoms with Crippen LogP contribution in [0.3, 0.4) is 0 Å². The van der Waals surface area contributed by atoms with Crippen molar-refractivity contribution < 1.29 is 4.79 Å². The van der Waals surface area contributed by atoms with E-state index in [-0.39, 0.29) is 5.78 Å². The Morgan fingerprint density at radius 1 is 1.62 bits per heavy atom. The summed E-state index contributed by atoms with van der Waals surface area (Å²) in [6.07, 6.45) is 1.67. The summed E-state index contributed by atoms with van der Waals surface area (Å²) in [4.78, 5) is 11.8. The number of hydrogen-bond acceptors (Lipinski definition) is 3. The lowest BCUT2D eigenvalue weighted by Gasteiger charge is -2.17. The average Bonchev–Trinajstić information content (AvgIpc) is 2.28. The smallest absolute Gasteiger partial charge is 0.200 e. The first kappa shape index (κ1) is 9.92. The van der Waals surface area contributed by atoms with E-state index < -0.39 is 5.54 Å². The Balaban J connectivity index is 3.16. The minimum Gasteiger partial charge on any atom is -0.319 e. The number of hydrogen-bond donors (Lipinski definition) is 1. The first-order chi connectivity index (χ1) is 5.84. The van der Waals surface area contributed by atoms with Crippen LogP contribution in [0.2, 0.25) is 0 Å². The predicted molar refractivity (Wildman–Crippen MR) is 50.5 cm³/mol. The highest BCUT2D eigenvalue weighted by atomic mass is 16.1. The molecule has 0 bridgehead atoms. The number of carbonyl (C=O) groups excluding carboxylic acids is 1. The summed E-state index contributed by atoms with van der Waals surface area (Å²) in [5.41, 5.74) is 6.34. The molecule has 13 heavy (non-hydrogen) atoms. The molecule has 72 valence electrons. The maximum absolute atomic E-state index is 11.8. The molecule has 1 aromatic heterocycles. The Hall–Kier alpha value is -1.16. The van der Waals surface area contributed by atoms with Crippen molar-refractivity contribution in [3.05, 3.63) is 17.5 Å². The molecule has 0 fully saturated rings. The zero-order valence-corrected chi connectivity index (χ0v) is 8.46. The minimum absolute atomic E-state index is 0.0787. The Labute approximate surface area is 77.7 Å². The van der Waals surface area contributed by atoms with Crippen LogP contribution < -0.4 is 5.73 Å². The highest BCUT2D eigenvalue weighted by Gasteiger charge is 2.27. The summed E-state index contributed by atoms with van der Waals surface area (Å²) >= 11 is 0. The molecule has 0 unspecified atom stereocenters. The fraction of sp³-hybridized carbons (Fsp3) is 0.556. The molecule has 0 aliphatic rings. The molecule has 0 spiro atoms. The molecular formula is C9H15N3O. The van der Waals surface area contributed by atoms with Crippen molar-refractivity contribution in [2.75, 3.05) is 0 Å². The Kier molecular flexibility index (Phi) is 2.26. The van der Waals surface area contributed by atoms with E-state index >= 15 is 0 Å². The lowest BCUT2D eigenvalue weighted by Crippen LogP contribution is -2.42. The van der Waals surface area contributed by atoms with Gasteiger partial charge in [0.1, 0.15) is 5.69 Å². The van der Waals surface area contributed by atoms with Gasteiger partial charge in [-0.1, -0.05) is 0 Å². The molecule has 0 atom stereocenters. The minimum atomic E-state index is -0.835. The van der Waals surface area contributed by atoms with Crippen LogP contribution in [0.1, 0.15) is 29.9 Å². The number of carbonyl (C=O) groups is 1. The van der Waals surface area contributed by atoms with Crippen molar-refractivity contribution in [3.8, 4) is 0 Å². The van der Waals surface area contributed by atoms with E-state index in [1.54, 1.807) is 31.8 Å². The Morgan fingerprint density at radius 2 is 2.15 bits per heavy atom. The summed E-state index contributed by atoms with van der Waals surface area (Å²) in [5.74, 6) is -0.0787. The van der Waals surface area contributed by atoms with E-state index in [1.165, 1.54) is 0 Å². The van der Waals surface area contributed by atoms with E-state index in [9.17, 15) is 4.79 Å². The van der Waals surface area contributed by atoms with Crippen LogP contribution in [-0.2, 0) is 7.05 Å². The normalized spacial score (nSPS) is 11.8. The topological polar surface area (TPSA) is 60.9 Å². The fourth-order valence-electron chi connectivity index (χ4n) is 1.18. The molecule has 1 heterocycles. The summed E-state index contributed by atoms with van der Waals surface area (Å²) in [6.45, 7) is 5.25. The first-order valence-corrected chi connectivity index (χ1v) is 4.16. The van der Waals surface area contributed by atoms with E-state index in [1.807, 2.05) is 6.92 Å². The van der Waals surface area contributed by atoms with Crippen LogP contribution in [-0.4, -0.2) is 21.1 Å². The highest BCUT2D eigenvalue weighted by molar-refractivity contribution is 6.02. The van der Waals surface area contributed by atoms with Crippen molar-refractivity contribution >= 4 is 5.78 Å². The van der Waals surface area contributed by atoms with Crippen molar-refractivity contribution in [2.45, 2.75) is 26.3 Å². The maximum atomic E-state index is 11.8. The van der Waals surface area contributed by atoms with Crippen molar-refractivity contribution in [1.82, 2.24) is 9.78 Å². The summed E-state index contributed by atoms with van der Waals surface area (Å²) < 4.78 is 1.56. The number of nitrogens with zero attached hydrogens (tertiary/aromatic N) is 2. The van der Waals surface area contributed by atoms with Gasteiger partial charge >= 0.3 is 0 Å². The quantitative estimate of drug-likeness (QED) is 0.681. The zero-order valence-electron chi connectivity index (χ0n) is 8.46. The lowest BCUT2D eigenvalue weighted by atomic mass is 9.96. The fourth-order valence-corrected chi connectivity index (χ4v) is 1.18. The van der Waals surface area contributed by atoms with E-state index in [4.69, 9.17) is 5.73 Å². The van der Waals surface area contributed by atoms with Crippen molar-refractivity contribution in [3.63, 3.8) is 0 Å². The van der Waals surface area contributed by atoms with Gasteiger partial charge in [0.2, 0.25) is 0 Å². The maximum Gasteiger partial charge on any atom is 0.200 e. The van der Waals surface area contributed by atoms with Crippen molar-refractivity contribution in [1.29, 1.82) is 0 Å². The Bertz CT molecular complexity index is 314. The largest absolute Gasteiger partial charge is 0.319 e. The number of ketones is 1. The second-order valence-corrected chi connectivity index (χ2v) is 3.85. The second-order valence-electron chi connectivity index (χ2n) is 3.85. The molecule has 0 saturated heterocycles. The number of aromatic nitrogens is 2. The zero-order chi connectivity index (χ0) is 10.2. The molecule has 0 saturated carbocycles. The molecular weight excluding hydrogens is 166 g/mol. The number of Topliss-reactive ketones (excluding diaryl/α,β-unsaturated/α-hetero) is 1. The standard InChI is InChI=1S/C9H15N3O/c1-6-5-11-12(4)7(6)8(13)9(2,3)10/h5H,10H2,1-4H3. The van der Waals surface area contributed by atoms with Crippen LogP contribution >= 0.6 is 0 Å². The number of nitrogens with two attached hydrogens (primary N) is 1. The summed E-state index contributed by atoms with van der Waals surface area (Å²) in [6, 6.07) is 0. The Morgan fingerprint density at radius 3 is 2.46 bits per heavy atom. The van der Waals surface area contributed by atoms with Gasteiger partial charge in [0.15, 0.2) is 5.78 Å². The van der Waals surface area contributed by atoms with Crippen LogP contribution in [0.15, 0.2) is 6.20 Å². The van der Waals surface area contributed by atoms with Gasteiger partial charge in [-0.2, -0.15) is 5.10 Å². The van der Waals surface area contributed by atoms with Crippen LogP contribution in [0, 0.1) is 6.92 Å². The van der Waals surface area contributed by atoms with Gasteiger partial charge in [-0.05, 0) is 26.3 Å². The third kappa shape index (κ3) is 1.78. The van der Waals surface area contributed by atoms with E-state index in [0.717, 1.165) is 5.56 Å². The predicted octanol–water partition coefficient (Wildman–Crippen LogP) is 0.649. The van der Waals surface area contributed by atoms with Gasteiger partial charge < -0.3 is 5.73 Å². The monoisotopic (exact) mass is 181 g/mol. The van der Waals surface area contributed by atoms with Gasteiger partial charge in [-0.25, -0.2) is 0 Å². The molecule has 0 aliphatic heterocycles. The first-order valence-electron chi connectivity index (χ1n) is 4.16. The number of rotatable bonds is 2. The van der Waals surface area contributed by atoms with Crippen molar-refractivity contribution in [2.24, 2.45) is 12.8 Å². The molecule has 2 N–H and O–H groups in total. The van der Waals surface area contributed by atoms with Crippen LogP contribution in [0.5, 0.6) is 0 Å². The second kappa shape index (κ2) is 2.96. The number of aryl methyl sites for hydroxylation is 2. The van der Waals surface area contributed by atoms with Gasteiger partial charge in [-0.15, -0.1) is 0 Å². The molecule has 4 nitrogen and oxygen atoms in total. The highest BCUT2D eigenvalue weighted by Crippen LogP contribution is 2.13. The van der Waals surface area contributed by atoms with Crippen LogP contribution in [0.25, 0.3) is 0 Å². The SMILES string of the molecule is Cc1cnn(C)c1C(=O)C(C)(C)N. The molecule has 0 aromatic carbocycles. The molecule has 1 rings (SSSR count). The molecule has 0 radical (unpaired) electrons. The molecule has 4 heteroatoms. The van der Waals surface area contributed by atoms with Crippen LogP contribution in [0.4, 0.5) is 0 Å². The summed E-state index contributed by atoms with van der Waals surface area (Å²) in [7, 11) is 1.74. The average molecular weight is 181 g/mol. The van der Waals surface area contributed by atoms with E-state index in [2.05, 4.69) is 5.10 Å². The third-order valence-electron chi connectivity index (χ3n) is 1.92. The molecule has 0 aliphatic carbocycles. The van der Waals surface area contributed by atoms with Gasteiger partial charge in [0.05, 0.1) is 11.7 Å². The van der Waals surface area contributed by atoms with Gasteiger partial charge in [0, 0.05) is 7.05 Å². The molecule has 0 amide bonds. The molecule has 1 aromatic rings. The van der Waals surface area contributed by atoms with E-state index in [0.29, 0.717) is 5.69 Å². The van der Waals surface area contributed by atoms with Gasteiger partial charge in [0.25, 0.3) is 0 Å². The summed E-state index contributed by atoms with van der Waals surface area (Å²) in [5, 5.41) is 3.99.